The maximum atomic E-state index is 10.2. The second kappa shape index (κ2) is 7.92. The lowest BCUT2D eigenvalue weighted by molar-refractivity contribution is 0.0663. The molecule has 0 spiro atoms. The summed E-state index contributed by atoms with van der Waals surface area (Å²) in [5, 5.41) is 11.2. The van der Waals surface area contributed by atoms with Gasteiger partial charge in [-0.3, -0.25) is 4.90 Å². The van der Waals surface area contributed by atoms with Crippen molar-refractivity contribution in [2.45, 2.75) is 20.0 Å². The number of aryl methyl sites for hydroxylation is 2. The normalized spacial score (nSPS) is 17.0. The molecular formula is C17H24N4O2S. The van der Waals surface area contributed by atoms with Crippen LogP contribution in [0.4, 0.5) is 5.13 Å². The van der Waals surface area contributed by atoms with Crippen LogP contribution in [0.5, 0.6) is 5.75 Å². The fourth-order valence-corrected chi connectivity index (χ4v) is 3.51. The van der Waals surface area contributed by atoms with Crippen molar-refractivity contribution in [3.8, 4) is 5.75 Å². The predicted molar refractivity (Wildman–Crippen MR) is 96.0 cm³/mol. The Bertz CT molecular complexity index is 656. The zero-order valence-electron chi connectivity index (χ0n) is 14.2. The second-order valence-electron chi connectivity index (χ2n) is 6.19. The number of aromatic nitrogens is 2. The summed E-state index contributed by atoms with van der Waals surface area (Å²) in [5.74, 6) is 1.65. The number of β-amino-alcohol motifs (C(OH)–C–C–N with tert-alkyl or cyclic N) is 1. The summed E-state index contributed by atoms with van der Waals surface area (Å²) < 4.78 is 9.92. The topological polar surface area (TPSA) is 61.7 Å². The first kappa shape index (κ1) is 17.1. The molecule has 0 radical (unpaired) electrons. The van der Waals surface area contributed by atoms with Gasteiger partial charge in [0.25, 0.3) is 0 Å². The molecule has 1 aromatic carbocycles. The largest absolute Gasteiger partial charge is 0.491 e. The minimum absolute atomic E-state index is 0.319. The zero-order chi connectivity index (χ0) is 16.9. The van der Waals surface area contributed by atoms with Crippen molar-refractivity contribution in [2.24, 2.45) is 0 Å². The van der Waals surface area contributed by atoms with Crippen molar-refractivity contribution in [1.82, 2.24) is 14.3 Å². The fraction of sp³-hybridized carbons (Fsp3) is 0.529. The minimum Gasteiger partial charge on any atom is -0.491 e. The average molecular weight is 348 g/mol. The van der Waals surface area contributed by atoms with Crippen molar-refractivity contribution in [3.63, 3.8) is 0 Å². The van der Waals surface area contributed by atoms with E-state index in [9.17, 15) is 5.11 Å². The molecule has 7 heteroatoms. The summed E-state index contributed by atoms with van der Waals surface area (Å²) in [6.07, 6.45) is -0.485. The second-order valence-corrected chi connectivity index (χ2v) is 6.92. The van der Waals surface area contributed by atoms with E-state index >= 15 is 0 Å². The first-order valence-electron chi connectivity index (χ1n) is 8.25. The van der Waals surface area contributed by atoms with Crippen LogP contribution in [0.25, 0.3) is 0 Å². The van der Waals surface area contributed by atoms with Crippen LogP contribution in [0.3, 0.4) is 0 Å². The van der Waals surface area contributed by atoms with E-state index < -0.39 is 6.10 Å². The molecule has 2 heterocycles. The van der Waals surface area contributed by atoms with E-state index in [1.54, 1.807) is 0 Å². The van der Waals surface area contributed by atoms with Crippen LogP contribution < -0.4 is 9.64 Å². The SMILES string of the molecule is Cc1cccc(OC[C@H](O)CN2CCN(c3nc(C)ns3)CC2)c1. The number of ether oxygens (including phenoxy) is 1. The number of rotatable bonds is 6. The maximum absolute atomic E-state index is 10.2. The lowest BCUT2D eigenvalue weighted by Crippen LogP contribution is -2.49. The Morgan fingerprint density at radius 1 is 1.25 bits per heavy atom. The standard InChI is InChI=1S/C17H24N4O2S/c1-13-4-3-5-16(10-13)23-12-15(22)11-20-6-8-21(9-7-20)17-18-14(2)19-24-17/h3-5,10,15,22H,6-9,11-12H2,1-2H3/t15-/m1/s1. The summed E-state index contributed by atoms with van der Waals surface area (Å²) in [6, 6.07) is 7.89. The molecule has 24 heavy (non-hydrogen) atoms. The van der Waals surface area contributed by atoms with Crippen LogP contribution >= 0.6 is 11.5 Å². The van der Waals surface area contributed by atoms with Crippen molar-refractivity contribution in [1.29, 1.82) is 0 Å². The van der Waals surface area contributed by atoms with Crippen LogP contribution in [0.2, 0.25) is 0 Å². The van der Waals surface area contributed by atoms with Crippen LogP contribution in [-0.2, 0) is 0 Å². The van der Waals surface area contributed by atoms with Gasteiger partial charge in [-0.2, -0.15) is 4.37 Å². The van der Waals surface area contributed by atoms with Crippen LogP contribution in [0.1, 0.15) is 11.4 Å². The molecule has 1 atom stereocenters. The lowest BCUT2D eigenvalue weighted by Gasteiger charge is -2.35. The molecule has 0 amide bonds. The summed E-state index contributed by atoms with van der Waals surface area (Å²) >= 11 is 1.45. The van der Waals surface area contributed by atoms with Gasteiger partial charge in [-0.1, -0.05) is 12.1 Å². The van der Waals surface area contributed by atoms with Crippen LogP contribution in [0.15, 0.2) is 24.3 Å². The molecule has 0 aliphatic carbocycles. The van der Waals surface area contributed by atoms with Gasteiger partial charge in [0.1, 0.15) is 24.3 Å². The molecule has 3 rings (SSSR count). The van der Waals surface area contributed by atoms with E-state index in [-0.39, 0.29) is 0 Å². The van der Waals surface area contributed by atoms with E-state index in [2.05, 4.69) is 19.2 Å². The highest BCUT2D eigenvalue weighted by Crippen LogP contribution is 2.19. The van der Waals surface area contributed by atoms with Gasteiger partial charge in [0.15, 0.2) is 0 Å². The summed E-state index contributed by atoms with van der Waals surface area (Å²) in [7, 11) is 0. The quantitative estimate of drug-likeness (QED) is 0.858. The number of hydrogen-bond acceptors (Lipinski definition) is 7. The molecular weight excluding hydrogens is 324 g/mol. The highest BCUT2D eigenvalue weighted by atomic mass is 32.1. The number of anilines is 1. The van der Waals surface area contributed by atoms with Gasteiger partial charge >= 0.3 is 0 Å². The molecule has 6 nitrogen and oxygen atoms in total. The third-order valence-corrected chi connectivity index (χ3v) is 4.93. The Morgan fingerprint density at radius 3 is 2.71 bits per heavy atom. The highest BCUT2D eigenvalue weighted by molar-refractivity contribution is 7.09. The average Bonchev–Trinajstić information content (AvgIpc) is 3.00. The molecule has 0 saturated carbocycles. The van der Waals surface area contributed by atoms with Gasteiger partial charge in [0, 0.05) is 44.3 Å². The van der Waals surface area contributed by atoms with Gasteiger partial charge in [-0.25, -0.2) is 4.98 Å². The third kappa shape index (κ3) is 4.66. The van der Waals surface area contributed by atoms with E-state index in [0.29, 0.717) is 13.2 Å². The van der Waals surface area contributed by atoms with E-state index in [0.717, 1.165) is 48.4 Å². The Balaban J connectivity index is 1.40. The molecule has 1 aliphatic rings. The number of aliphatic hydroxyl groups is 1. The van der Waals surface area contributed by atoms with Gasteiger partial charge < -0.3 is 14.7 Å². The van der Waals surface area contributed by atoms with Crippen LogP contribution in [0, 0.1) is 13.8 Å². The number of aliphatic hydroxyl groups excluding tert-OH is 1. The van der Waals surface area contributed by atoms with Crippen molar-refractivity contribution >= 4 is 16.7 Å². The molecule has 130 valence electrons. The monoisotopic (exact) mass is 348 g/mol. The van der Waals surface area contributed by atoms with Gasteiger partial charge in [-0.15, -0.1) is 0 Å². The van der Waals surface area contributed by atoms with Crippen molar-refractivity contribution < 1.29 is 9.84 Å². The first-order valence-corrected chi connectivity index (χ1v) is 9.02. The Morgan fingerprint density at radius 2 is 2.04 bits per heavy atom. The molecule has 1 saturated heterocycles. The van der Waals surface area contributed by atoms with E-state index in [4.69, 9.17) is 4.74 Å². The first-order chi connectivity index (χ1) is 11.6. The number of nitrogens with zero attached hydrogens (tertiary/aromatic N) is 4. The molecule has 1 fully saturated rings. The van der Waals surface area contributed by atoms with E-state index in [1.807, 2.05) is 38.1 Å². The lowest BCUT2D eigenvalue weighted by atomic mass is 10.2. The Kier molecular flexibility index (Phi) is 5.65. The van der Waals surface area contributed by atoms with Crippen LogP contribution in [-0.4, -0.2) is 64.8 Å². The zero-order valence-corrected chi connectivity index (χ0v) is 15.0. The van der Waals surface area contributed by atoms with Gasteiger partial charge in [-0.05, 0) is 31.5 Å². The summed E-state index contributed by atoms with van der Waals surface area (Å²) in [6.45, 7) is 8.57. The number of hydrogen-bond donors (Lipinski definition) is 1. The Labute approximate surface area is 146 Å². The molecule has 0 bridgehead atoms. The Hall–Kier alpha value is -1.70. The number of benzene rings is 1. The smallest absolute Gasteiger partial charge is 0.205 e. The summed E-state index contributed by atoms with van der Waals surface area (Å²) in [4.78, 5) is 8.97. The molecule has 1 aliphatic heterocycles. The number of piperazine rings is 1. The van der Waals surface area contributed by atoms with Gasteiger partial charge in [0.05, 0.1) is 0 Å². The van der Waals surface area contributed by atoms with Gasteiger partial charge in [0.2, 0.25) is 5.13 Å². The fourth-order valence-electron chi connectivity index (χ4n) is 2.78. The molecule has 2 aromatic rings. The maximum Gasteiger partial charge on any atom is 0.205 e. The molecule has 1 N–H and O–H groups in total. The molecule has 1 aromatic heterocycles. The third-order valence-electron chi connectivity index (χ3n) is 4.06. The predicted octanol–water partition coefficient (Wildman–Crippen LogP) is 1.72. The summed E-state index contributed by atoms with van der Waals surface area (Å²) in [5.41, 5.74) is 1.16. The van der Waals surface area contributed by atoms with E-state index in [1.165, 1.54) is 11.5 Å². The minimum atomic E-state index is -0.485. The van der Waals surface area contributed by atoms with Crippen molar-refractivity contribution in [2.75, 3.05) is 44.2 Å². The highest BCUT2D eigenvalue weighted by Gasteiger charge is 2.21. The molecule has 0 unspecified atom stereocenters. The van der Waals surface area contributed by atoms with Crippen molar-refractivity contribution in [3.05, 3.63) is 35.7 Å².